The minimum absolute atomic E-state index is 0.660. The third-order valence-corrected chi connectivity index (χ3v) is 2.87. The molecule has 0 aliphatic heterocycles. The molecule has 3 nitrogen and oxygen atoms in total. The molecule has 4 heteroatoms. The maximum atomic E-state index is 5.85. The Morgan fingerprint density at radius 3 is 2.71 bits per heavy atom. The number of anilines is 2. The van der Waals surface area contributed by atoms with Gasteiger partial charge in [-0.1, -0.05) is 30.3 Å². The Morgan fingerprint density at radius 1 is 1.24 bits per heavy atom. The Balaban J connectivity index is 1.90. The van der Waals surface area contributed by atoms with Crippen molar-refractivity contribution in [3.8, 4) is 0 Å². The van der Waals surface area contributed by atoms with Gasteiger partial charge in [0.25, 0.3) is 0 Å². The molecule has 88 valence electrons. The van der Waals surface area contributed by atoms with Gasteiger partial charge >= 0.3 is 0 Å². The van der Waals surface area contributed by atoms with E-state index in [4.69, 9.17) is 5.73 Å². The Bertz CT molecular complexity index is 485. The number of benzene rings is 1. The van der Waals surface area contributed by atoms with Crippen molar-refractivity contribution in [3.05, 3.63) is 52.6 Å². The van der Waals surface area contributed by atoms with Crippen LogP contribution in [0.5, 0.6) is 0 Å². The first-order valence-electron chi connectivity index (χ1n) is 5.44. The van der Waals surface area contributed by atoms with Crippen molar-refractivity contribution in [3.63, 3.8) is 0 Å². The van der Waals surface area contributed by atoms with E-state index in [0.29, 0.717) is 5.69 Å². The standard InChI is InChI=1S/C13H14BrN3/c14-11-8-12(15)13(17-9-11)16-7-6-10-4-2-1-3-5-10/h1-5,8-9H,6-7,15H2,(H,16,17). The van der Waals surface area contributed by atoms with E-state index in [2.05, 4.69) is 38.4 Å². The maximum absolute atomic E-state index is 5.85. The van der Waals surface area contributed by atoms with Crippen LogP contribution in [0.4, 0.5) is 11.5 Å². The van der Waals surface area contributed by atoms with E-state index >= 15 is 0 Å². The van der Waals surface area contributed by atoms with Gasteiger partial charge in [-0.15, -0.1) is 0 Å². The molecule has 0 radical (unpaired) electrons. The number of nitrogens with zero attached hydrogens (tertiary/aromatic N) is 1. The fourth-order valence-corrected chi connectivity index (χ4v) is 1.92. The molecule has 1 aromatic carbocycles. The number of aromatic nitrogens is 1. The number of nitrogens with one attached hydrogen (secondary N) is 1. The van der Waals surface area contributed by atoms with Crippen molar-refractivity contribution in [1.82, 2.24) is 4.98 Å². The highest BCUT2D eigenvalue weighted by Gasteiger charge is 2.00. The lowest BCUT2D eigenvalue weighted by Gasteiger charge is -2.08. The molecule has 0 bridgehead atoms. The van der Waals surface area contributed by atoms with Crippen LogP contribution in [0.25, 0.3) is 0 Å². The molecule has 3 N–H and O–H groups in total. The Labute approximate surface area is 109 Å². The number of nitrogen functional groups attached to an aromatic ring is 1. The van der Waals surface area contributed by atoms with Crippen LogP contribution in [-0.4, -0.2) is 11.5 Å². The number of hydrogen-bond acceptors (Lipinski definition) is 3. The van der Waals surface area contributed by atoms with Crippen molar-refractivity contribution in [2.24, 2.45) is 0 Å². The zero-order valence-corrected chi connectivity index (χ0v) is 10.9. The largest absolute Gasteiger partial charge is 0.396 e. The summed E-state index contributed by atoms with van der Waals surface area (Å²) in [7, 11) is 0. The summed E-state index contributed by atoms with van der Waals surface area (Å²) < 4.78 is 0.892. The van der Waals surface area contributed by atoms with Crippen LogP contribution in [0.15, 0.2) is 47.1 Å². The van der Waals surface area contributed by atoms with E-state index < -0.39 is 0 Å². The van der Waals surface area contributed by atoms with Crippen LogP contribution in [-0.2, 0) is 6.42 Å². The molecule has 0 atom stereocenters. The molecule has 17 heavy (non-hydrogen) atoms. The highest BCUT2D eigenvalue weighted by atomic mass is 79.9. The van der Waals surface area contributed by atoms with Gasteiger partial charge in [-0.05, 0) is 34.0 Å². The molecular formula is C13H14BrN3. The third kappa shape index (κ3) is 3.46. The third-order valence-electron chi connectivity index (χ3n) is 2.43. The predicted octanol–water partition coefficient (Wildman–Crippen LogP) is 3.08. The highest BCUT2D eigenvalue weighted by Crippen LogP contribution is 2.19. The monoisotopic (exact) mass is 291 g/mol. The van der Waals surface area contributed by atoms with Crippen molar-refractivity contribution >= 4 is 27.4 Å². The maximum Gasteiger partial charge on any atom is 0.149 e. The lowest BCUT2D eigenvalue weighted by molar-refractivity contribution is 1.01. The normalized spacial score (nSPS) is 10.2. The molecule has 0 aliphatic rings. The number of nitrogens with two attached hydrogens (primary N) is 1. The minimum atomic E-state index is 0.660. The van der Waals surface area contributed by atoms with Crippen LogP contribution in [0.2, 0.25) is 0 Å². The molecular weight excluding hydrogens is 278 g/mol. The van der Waals surface area contributed by atoms with Crippen molar-refractivity contribution in [1.29, 1.82) is 0 Å². The van der Waals surface area contributed by atoms with Gasteiger partial charge in [-0.3, -0.25) is 0 Å². The quantitative estimate of drug-likeness (QED) is 0.910. The summed E-state index contributed by atoms with van der Waals surface area (Å²) in [5, 5.41) is 3.23. The Morgan fingerprint density at radius 2 is 2.00 bits per heavy atom. The number of rotatable bonds is 4. The molecule has 1 heterocycles. The molecule has 0 fully saturated rings. The van der Waals surface area contributed by atoms with Gasteiger partial charge in [-0.2, -0.15) is 0 Å². The molecule has 0 saturated carbocycles. The number of hydrogen-bond donors (Lipinski definition) is 2. The molecule has 0 saturated heterocycles. The van der Waals surface area contributed by atoms with Gasteiger partial charge in [0, 0.05) is 17.2 Å². The van der Waals surface area contributed by atoms with Crippen LogP contribution in [0.1, 0.15) is 5.56 Å². The topological polar surface area (TPSA) is 50.9 Å². The van der Waals surface area contributed by atoms with Gasteiger partial charge in [0.05, 0.1) is 5.69 Å². The van der Waals surface area contributed by atoms with E-state index in [9.17, 15) is 0 Å². The average molecular weight is 292 g/mol. The Kier molecular flexibility index (Phi) is 3.98. The molecule has 0 spiro atoms. The van der Waals surface area contributed by atoms with Crippen LogP contribution >= 0.6 is 15.9 Å². The summed E-state index contributed by atoms with van der Waals surface area (Å²) in [5.41, 5.74) is 7.81. The van der Waals surface area contributed by atoms with Gasteiger partial charge in [-0.25, -0.2) is 4.98 Å². The second kappa shape index (κ2) is 5.68. The van der Waals surface area contributed by atoms with E-state index in [-0.39, 0.29) is 0 Å². The summed E-state index contributed by atoms with van der Waals surface area (Å²) in [6, 6.07) is 12.2. The first-order valence-corrected chi connectivity index (χ1v) is 6.24. The summed E-state index contributed by atoms with van der Waals surface area (Å²) in [4.78, 5) is 4.23. The van der Waals surface area contributed by atoms with E-state index in [1.807, 2.05) is 24.3 Å². The van der Waals surface area contributed by atoms with Gasteiger partial charge < -0.3 is 11.1 Å². The number of halogens is 1. The first-order chi connectivity index (χ1) is 8.25. The smallest absolute Gasteiger partial charge is 0.149 e. The molecule has 2 rings (SSSR count). The molecule has 0 aliphatic carbocycles. The van der Waals surface area contributed by atoms with E-state index in [1.54, 1.807) is 6.20 Å². The van der Waals surface area contributed by atoms with Crippen molar-refractivity contribution in [2.45, 2.75) is 6.42 Å². The van der Waals surface area contributed by atoms with Gasteiger partial charge in [0.15, 0.2) is 0 Å². The first kappa shape index (κ1) is 11.9. The fraction of sp³-hybridized carbons (Fsp3) is 0.154. The minimum Gasteiger partial charge on any atom is -0.396 e. The highest BCUT2D eigenvalue weighted by molar-refractivity contribution is 9.10. The summed E-state index contributed by atoms with van der Waals surface area (Å²) >= 11 is 3.33. The van der Waals surface area contributed by atoms with Crippen LogP contribution in [0.3, 0.4) is 0 Å². The zero-order chi connectivity index (χ0) is 12.1. The van der Waals surface area contributed by atoms with Crippen molar-refractivity contribution < 1.29 is 0 Å². The second-order valence-electron chi connectivity index (χ2n) is 3.75. The van der Waals surface area contributed by atoms with Gasteiger partial charge in [0.1, 0.15) is 5.82 Å². The fourth-order valence-electron chi connectivity index (χ4n) is 1.57. The summed E-state index contributed by atoms with van der Waals surface area (Å²) in [5.74, 6) is 0.740. The molecule has 0 amide bonds. The Hall–Kier alpha value is -1.55. The average Bonchev–Trinajstić information content (AvgIpc) is 2.33. The molecule has 1 aromatic heterocycles. The zero-order valence-electron chi connectivity index (χ0n) is 9.36. The van der Waals surface area contributed by atoms with E-state index in [0.717, 1.165) is 23.3 Å². The second-order valence-corrected chi connectivity index (χ2v) is 4.67. The molecule has 0 unspecified atom stereocenters. The lowest BCUT2D eigenvalue weighted by atomic mass is 10.1. The summed E-state index contributed by atoms with van der Waals surface area (Å²) in [6.07, 6.45) is 2.69. The lowest BCUT2D eigenvalue weighted by Crippen LogP contribution is -2.08. The van der Waals surface area contributed by atoms with E-state index in [1.165, 1.54) is 5.56 Å². The SMILES string of the molecule is Nc1cc(Br)cnc1NCCc1ccccc1. The number of pyridine rings is 1. The van der Waals surface area contributed by atoms with Crippen molar-refractivity contribution in [2.75, 3.05) is 17.6 Å². The summed E-state index contributed by atoms with van der Waals surface area (Å²) in [6.45, 7) is 0.822. The van der Waals surface area contributed by atoms with Crippen LogP contribution in [0, 0.1) is 0 Å². The molecule has 2 aromatic rings. The predicted molar refractivity (Wildman–Crippen MR) is 75.0 cm³/mol. The van der Waals surface area contributed by atoms with Crippen LogP contribution < -0.4 is 11.1 Å². The van der Waals surface area contributed by atoms with Gasteiger partial charge in [0.2, 0.25) is 0 Å².